The summed E-state index contributed by atoms with van der Waals surface area (Å²) in [4.78, 5) is 53.3. The van der Waals surface area contributed by atoms with Crippen molar-refractivity contribution < 1.29 is 95.0 Å². The summed E-state index contributed by atoms with van der Waals surface area (Å²) in [5.41, 5.74) is 0.894. The summed E-state index contributed by atoms with van der Waals surface area (Å²) >= 11 is 12.6. The van der Waals surface area contributed by atoms with Crippen molar-refractivity contribution in [2.24, 2.45) is 0 Å². The number of carbonyl (C=O) groups excluding carboxylic acids is 4. The Kier molecular flexibility index (Phi) is 36.1. The molecule has 0 heterocycles. The van der Waals surface area contributed by atoms with E-state index >= 15 is 0 Å². The number of ether oxygens (including phenoxy) is 16. The number of hydrogen-bond acceptors (Lipinski definition) is 21. The number of rotatable bonds is 30. The van der Waals surface area contributed by atoms with Crippen LogP contribution in [0.15, 0.2) is 21.1 Å². The van der Waals surface area contributed by atoms with E-state index < -0.39 is 23.9 Å². The number of esters is 4. The highest BCUT2D eigenvalue weighted by Crippen LogP contribution is 2.60. The van der Waals surface area contributed by atoms with Crippen LogP contribution in [0, 0.1) is 11.3 Å². The van der Waals surface area contributed by atoms with Crippen molar-refractivity contribution in [3.05, 3.63) is 43.3 Å². The minimum absolute atomic E-state index is 0.0162. The van der Waals surface area contributed by atoms with Gasteiger partial charge in [-0.3, -0.25) is 0 Å². The van der Waals surface area contributed by atoms with Gasteiger partial charge >= 0.3 is 23.9 Å². The molecule has 4 aromatic carbocycles. The second kappa shape index (κ2) is 40.1. The molecule has 0 atom stereocenters. The Balaban J connectivity index is 0.000000771. The largest absolute Gasteiger partial charge is 0.490 e. The zero-order valence-electron chi connectivity index (χ0n) is 50.3. The molecule has 25 heteroatoms. The van der Waals surface area contributed by atoms with Crippen LogP contribution in [0.3, 0.4) is 0 Å². The molecule has 0 aliphatic rings. The number of nitriles is 1. The van der Waals surface area contributed by atoms with Crippen molar-refractivity contribution in [1.29, 1.82) is 5.26 Å². The van der Waals surface area contributed by atoms with Crippen molar-refractivity contribution >= 4 is 84.0 Å². The SMILES string of the molecule is BrBr.CC#N.CCOc1c(Br)c(C(=O)OC)c(-c2c(OCC)c(OCC)c(OCC)c(Br)c2C(=O)OC)c(OCC)c1OCC.CCOc1cc(C(=O)OC)c(-c2c(C(=O)OC)cc(OCC)c(OCC)c2OCC)c(OCC)c1OCC. The number of benzene rings is 4. The van der Waals surface area contributed by atoms with Crippen LogP contribution in [0.2, 0.25) is 0 Å². The zero-order chi connectivity index (χ0) is 62.9. The first kappa shape index (κ1) is 74.8. The van der Waals surface area contributed by atoms with Crippen LogP contribution in [-0.4, -0.2) is 132 Å². The molecule has 0 unspecified atom stereocenters. The Bertz CT molecular complexity index is 2620. The maximum Gasteiger partial charge on any atom is 0.339 e. The van der Waals surface area contributed by atoms with Crippen molar-refractivity contribution in [3.8, 4) is 97.3 Å². The van der Waals surface area contributed by atoms with Crippen molar-refractivity contribution in [2.75, 3.05) is 108 Å². The first-order chi connectivity index (χ1) is 40.0. The second-order valence-electron chi connectivity index (χ2n) is 15.4. The van der Waals surface area contributed by atoms with E-state index in [2.05, 4.69) is 60.1 Å². The summed E-state index contributed by atoms with van der Waals surface area (Å²) in [5.74, 6) is -0.151. The van der Waals surface area contributed by atoms with Crippen LogP contribution in [-0.2, 0) is 18.9 Å². The fourth-order valence-corrected chi connectivity index (χ4v) is 9.26. The molecular weight excluding hydrogens is 1350 g/mol. The minimum Gasteiger partial charge on any atom is -0.490 e. The number of halogens is 4. The number of methoxy groups -OCH3 is 4. The topological polar surface area (TPSA) is 240 Å². The van der Waals surface area contributed by atoms with Gasteiger partial charge in [-0.25, -0.2) is 19.2 Å². The van der Waals surface area contributed by atoms with Gasteiger partial charge in [0.1, 0.15) is 0 Å². The first-order valence-corrected chi connectivity index (χ1v) is 31.9. The monoisotopic (exact) mass is 1420 g/mol. The lowest BCUT2D eigenvalue weighted by molar-refractivity contribution is 0.0587. The maximum absolute atomic E-state index is 13.5. The first-order valence-electron chi connectivity index (χ1n) is 26.6. The third-order valence-electron chi connectivity index (χ3n) is 10.6. The molecule has 0 radical (unpaired) electrons. The Morgan fingerprint density at radius 2 is 0.554 bits per heavy atom. The van der Waals surface area contributed by atoms with E-state index in [0.717, 1.165) is 0 Å². The summed E-state index contributed by atoms with van der Waals surface area (Å²) in [5, 5.41) is 7.32. The van der Waals surface area contributed by atoms with Gasteiger partial charge in [0.15, 0.2) is 46.0 Å². The van der Waals surface area contributed by atoms with E-state index in [0.29, 0.717) is 13.2 Å². The fraction of sp³-hybridized carbons (Fsp3) is 0.500. The quantitative estimate of drug-likeness (QED) is 0.0348. The Morgan fingerprint density at radius 3 is 0.783 bits per heavy atom. The summed E-state index contributed by atoms with van der Waals surface area (Å²) in [6, 6.07) is 4.76. The van der Waals surface area contributed by atoms with Gasteiger partial charge in [0, 0.05) is 57.4 Å². The second-order valence-corrected chi connectivity index (χ2v) is 17.0. The third kappa shape index (κ3) is 18.4. The highest BCUT2D eigenvalue weighted by molar-refractivity contribution is 9.93. The van der Waals surface area contributed by atoms with Gasteiger partial charge in [0.25, 0.3) is 0 Å². The van der Waals surface area contributed by atoms with Crippen LogP contribution in [0.25, 0.3) is 22.3 Å². The lowest BCUT2D eigenvalue weighted by Gasteiger charge is -2.27. The summed E-state index contributed by atoms with van der Waals surface area (Å²) < 4.78 is 93.0. The van der Waals surface area contributed by atoms with Gasteiger partial charge < -0.3 is 75.8 Å². The highest BCUT2D eigenvalue weighted by Gasteiger charge is 2.40. The van der Waals surface area contributed by atoms with Crippen LogP contribution >= 0.6 is 60.1 Å². The molecule has 0 bridgehead atoms. The number of carbonyl (C=O) groups is 4. The molecule has 0 N–H and O–H groups in total. The number of hydrogen-bond donors (Lipinski definition) is 0. The van der Waals surface area contributed by atoms with E-state index in [9.17, 15) is 19.2 Å². The standard InChI is InChI=1S/C28H36Br2O10.C28H38O10.C2H3N.Br2/c1-9-35-21-15(17(27(31)33-7)19(29)23(37-11-3)25(21)39-13-5)16-18(28(32)34-8)20(30)24(38-12-4)26(40-14-6)22(16)36-10-2;1-9-33-19-15-17(27(29)31-7)21(25(37-13-5)23(19)35-11-3)22-18(28(30)32-8)16-20(34-10-2)24(36-12-4)26(22)38-14-6;1-2-3;1-2/h9-14H2,1-8H3;15-16H,9-14H2,1-8H3;1H3;. The van der Waals surface area contributed by atoms with E-state index in [4.69, 9.17) is 81.1 Å². The van der Waals surface area contributed by atoms with Gasteiger partial charge in [-0.05, 0) is 127 Å². The Hall–Kier alpha value is -6.23. The molecule has 4 rings (SSSR count). The summed E-state index contributed by atoms with van der Waals surface area (Å²) in [6.45, 7) is 26.1. The van der Waals surface area contributed by atoms with Crippen LogP contribution in [0.1, 0.15) is 131 Å². The van der Waals surface area contributed by atoms with Gasteiger partial charge in [-0.2, -0.15) is 5.26 Å². The molecule has 0 fully saturated rings. The lowest BCUT2D eigenvalue weighted by Crippen LogP contribution is -2.16. The normalized spacial score (nSPS) is 10.0. The lowest BCUT2D eigenvalue weighted by atomic mass is 9.91. The molecule has 0 saturated carbocycles. The molecule has 0 aromatic heterocycles. The Labute approximate surface area is 519 Å². The molecule has 0 aliphatic heterocycles. The molecule has 0 saturated heterocycles. The van der Waals surface area contributed by atoms with Crippen LogP contribution in [0.4, 0.5) is 0 Å². The molecular formula is C58H77Br4NO20. The van der Waals surface area contributed by atoms with E-state index in [-0.39, 0.29) is 189 Å². The average Bonchev–Trinajstić information content (AvgIpc) is 2.87. The molecule has 4 aromatic rings. The molecule has 0 amide bonds. The smallest absolute Gasteiger partial charge is 0.339 e. The van der Waals surface area contributed by atoms with Crippen LogP contribution in [0.5, 0.6) is 69.0 Å². The van der Waals surface area contributed by atoms with Crippen molar-refractivity contribution in [1.82, 2.24) is 0 Å². The van der Waals surface area contributed by atoms with Gasteiger partial charge in [-0.1, -0.05) is 0 Å². The minimum atomic E-state index is -0.729. The average molecular weight is 1430 g/mol. The molecule has 83 heavy (non-hydrogen) atoms. The Morgan fingerprint density at radius 1 is 0.349 bits per heavy atom. The summed E-state index contributed by atoms with van der Waals surface area (Å²) in [7, 11) is 5.02. The highest BCUT2D eigenvalue weighted by atomic mass is 80.9. The van der Waals surface area contributed by atoms with Crippen molar-refractivity contribution in [2.45, 2.75) is 90.0 Å². The van der Waals surface area contributed by atoms with Crippen molar-refractivity contribution in [3.63, 3.8) is 0 Å². The molecule has 0 spiro atoms. The number of nitrogens with zero attached hydrogens (tertiary/aromatic N) is 1. The van der Waals surface area contributed by atoms with Gasteiger partial charge in [-0.15, -0.1) is 0 Å². The summed E-state index contributed by atoms with van der Waals surface area (Å²) in [6.07, 6.45) is 0. The molecule has 0 aliphatic carbocycles. The van der Waals surface area contributed by atoms with E-state index in [1.54, 1.807) is 61.5 Å². The van der Waals surface area contributed by atoms with E-state index in [1.807, 2.05) is 27.7 Å². The zero-order valence-corrected chi connectivity index (χ0v) is 56.6. The fourth-order valence-electron chi connectivity index (χ4n) is 7.96. The van der Waals surface area contributed by atoms with Crippen LogP contribution < -0.4 is 56.8 Å². The van der Waals surface area contributed by atoms with E-state index in [1.165, 1.54) is 47.5 Å². The van der Waals surface area contributed by atoms with Gasteiger partial charge in [0.2, 0.25) is 23.0 Å². The maximum atomic E-state index is 13.5. The van der Waals surface area contributed by atoms with Gasteiger partial charge in [0.05, 0.1) is 145 Å². The molecule has 462 valence electrons. The predicted molar refractivity (Wildman–Crippen MR) is 328 cm³/mol. The third-order valence-corrected chi connectivity index (χ3v) is 12.1. The predicted octanol–water partition coefficient (Wildman–Crippen LogP) is 14.4. The molecule has 21 nitrogen and oxygen atoms in total.